The molecule has 0 saturated heterocycles. The number of nitrogens with one attached hydrogen (secondary N) is 2. The molecule has 2 heterocycles. The van der Waals surface area contributed by atoms with Gasteiger partial charge in [0.05, 0.1) is 5.02 Å². The summed E-state index contributed by atoms with van der Waals surface area (Å²) in [5.41, 5.74) is 2.36. The third kappa shape index (κ3) is 2.19. The molecule has 90 valence electrons. The normalized spacial score (nSPS) is 10.6. The third-order valence-electron chi connectivity index (χ3n) is 2.69. The molecular formula is C11H13ClN4O. The first kappa shape index (κ1) is 11.7. The Hall–Kier alpha value is -1.75. The van der Waals surface area contributed by atoms with Gasteiger partial charge in [0.25, 0.3) is 5.91 Å². The summed E-state index contributed by atoms with van der Waals surface area (Å²) in [4.78, 5) is 12.0. The standard InChI is InChI=1S/C11H13ClN4O/c1-6-7(2)14-15-10(6)13-11(17)9-4-8(12)5-16(9)3/h4-5H,1-3H3,(H2,13,14,15,17). The van der Waals surface area contributed by atoms with Crippen LogP contribution in [0.15, 0.2) is 12.3 Å². The molecule has 17 heavy (non-hydrogen) atoms. The Labute approximate surface area is 104 Å². The van der Waals surface area contributed by atoms with Gasteiger partial charge in [-0.05, 0) is 19.9 Å². The van der Waals surface area contributed by atoms with Crippen LogP contribution in [0.3, 0.4) is 0 Å². The highest BCUT2D eigenvalue weighted by Crippen LogP contribution is 2.17. The molecular weight excluding hydrogens is 240 g/mol. The average molecular weight is 253 g/mol. The minimum absolute atomic E-state index is 0.228. The number of anilines is 1. The molecule has 0 spiro atoms. The van der Waals surface area contributed by atoms with Gasteiger partial charge in [-0.1, -0.05) is 11.6 Å². The van der Waals surface area contributed by atoms with E-state index in [1.165, 1.54) is 0 Å². The minimum Gasteiger partial charge on any atom is -0.345 e. The Bertz CT molecular complexity index is 570. The second-order valence-electron chi connectivity index (χ2n) is 3.93. The smallest absolute Gasteiger partial charge is 0.273 e. The molecule has 2 N–H and O–H groups in total. The van der Waals surface area contributed by atoms with Gasteiger partial charge in [-0.3, -0.25) is 9.89 Å². The van der Waals surface area contributed by atoms with Crippen LogP contribution in [-0.2, 0) is 7.05 Å². The van der Waals surface area contributed by atoms with Gasteiger partial charge in [0, 0.05) is 24.5 Å². The van der Waals surface area contributed by atoms with Gasteiger partial charge in [0.1, 0.15) is 5.69 Å². The van der Waals surface area contributed by atoms with Gasteiger partial charge < -0.3 is 9.88 Å². The SMILES string of the molecule is Cc1[nH]nc(NC(=O)c2cc(Cl)cn2C)c1C. The summed E-state index contributed by atoms with van der Waals surface area (Å²) in [5, 5.41) is 10.1. The van der Waals surface area contributed by atoms with E-state index in [0.29, 0.717) is 16.5 Å². The van der Waals surface area contributed by atoms with Crippen LogP contribution in [-0.4, -0.2) is 20.7 Å². The van der Waals surface area contributed by atoms with Crippen molar-refractivity contribution in [1.29, 1.82) is 0 Å². The van der Waals surface area contributed by atoms with E-state index in [4.69, 9.17) is 11.6 Å². The number of aromatic nitrogens is 3. The van der Waals surface area contributed by atoms with E-state index in [2.05, 4.69) is 15.5 Å². The molecule has 5 nitrogen and oxygen atoms in total. The van der Waals surface area contributed by atoms with Crippen molar-refractivity contribution in [3.8, 4) is 0 Å². The van der Waals surface area contributed by atoms with Crippen molar-refractivity contribution in [2.45, 2.75) is 13.8 Å². The van der Waals surface area contributed by atoms with Crippen molar-refractivity contribution in [2.24, 2.45) is 7.05 Å². The van der Waals surface area contributed by atoms with Crippen LogP contribution < -0.4 is 5.32 Å². The van der Waals surface area contributed by atoms with Gasteiger partial charge in [-0.2, -0.15) is 5.10 Å². The van der Waals surface area contributed by atoms with E-state index >= 15 is 0 Å². The molecule has 2 aromatic heterocycles. The summed E-state index contributed by atoms with van der Waals surface area (Å²) in [6, 6.07) is 1.62. The largest absolute Gasteiger partial charge is 0.345 e. The van der Waals surface area contributed by atoms with Crippen LogP contribution in [0.2, 0.25) is 5.02 Å². The van der Waals surface area contributed by atoms with Crippen molar-refractivity contribution in [1.82, 2.24) is 14.8 Å². The molecule has 6 heteroatoms. The summed E-state index contributed by atoms with van der Waals surface area (Å²) in [5.74, 6) is 0.318. The summed E-state index contributed by atoms with van der Waals surface area (Å²) in [7, 11) is 1.77. The highest BCUT2D eigenvalue weighted by molar-refractivity contribution is 6.31. The van der Waals surface area contributed by atoms with E-state index < -0.39 is 0 Å². The fraction of sp³-hybridized carbons (Fsp3) is 0.273. The number of halogens is 1. The Morgan fingerprint density at radius 2 is 2.24 bits per heavy atom. The van der Waals surface area contributed by atoms with Gasteiger partial charge in [-0.15, -0.1) is 0 Å². The number of carbonyl (C=O) groups is 1. The summed E-state index contributed by atoms with van der Waals surface area (Å²) in [6.07, 6.45) is 1.68. The molecule has 0 aliphatic rings. The predicted octanol–water partition coefficient (Wildman–Crippen LogP) is 2.27. The van der Waals surface area contributed by atoms with Crippen LogP contribution >= 0.6 is 11.6 Å². The van der Waals surface area contributed by atoms with Gasteiger partial charge in [0.2, 0.25) is 0 Å². The molecule has 0 radical (unpaired) electrons. The molecule has 0 aliphatic heterocycles. The molecule has 0 fully saturated rings. The van der Waals surface area contributed by atoms with E-state index in [-0.39, 0.29) is 5.91 Å². The van der Waals surface area contributed by atoms with Crippen molar-refractivity contribution in [2.75, 3.05) is 5.32 Å². The summed E-state index contributed by atoms with van der Waals surface area (Å²) < 4.78 is 1.67. The quantitative estimate of drug-likeness (QED) is 0.861. The number of hydrogen-bond donors (Lipinski definition) is 2. The number of aryl methyl sites for hydroxylation is 2. The van der Waals surface area contributed by atoms with Crippen LogP contribution in [0.5, 0.6) is 0 Å². The maximum Gasteiger partial charge on any atom is 0.273 e. The van der Waals surface area contributed by atoms with Crippen molar-refractivity contribution < 1.29 is 4.79 Å². The Morgan fingerprint density at radius 3 is 2.71 bits per heavy atom. The van der Waals surface area contributed by atoms with E-state index in [0.717, 1.165) is 11.3 Å². The maximum absolute atomic E-state index is 12.0. The van der Waals surface area contributed by atoms with E-state index in [1.807, 2.05) is 13.8 Å². The van der Waals surface area contributed by atoms with E-state index in [9.17, 15) is 4.79 Å². The Balaban J connectivity index is 2.23. The number of hydrogen-bond acceptors (Lipinski definition) is 2. The lowest BCUT2D eigenvalue weighted by Gasteiger charge is -2.03. The number of H-pyrrole nitrogens is 1. The molecule has 0 unspecified atom stereocenters. The summed E-state index contributed by atoms with van der Waals surface area (Å²) in [6.45, 7) is 3.80. The van der Waals surface area contributed by atoms with E-state index in [1.54, 1.807) is 23.9 Å². The zero-order chi connectivity index (χ0) is 12.6. The average Bonchev–Trinajstić information content (AvgIpc) is 2.75. The highest BCUT2D eigenvalue weighted by Gasteiger charge is 2.14. The number of rotatable bonds is 2. The topological polar surface area (TPSA) is 62.7 Å². The lowest BCUT2D eigenvalue weighted by atomic mass is 10.3. The van der Waals surface area contributed by atoms with Crippen LogP contribution in [0, 0.1) is 13.8 Å². The maximum atomic E-state index is 12.0. The summed E-state index contributed by atoms with van der Waals surface area (Å²) >= 11 is 5.83. The van der Waals surface area contributed by atoms with Gasteiger partial charge in [0.15, 0.2) is 5.82 Å². The molecule has 2 rings (SSSR count). The van der Waals surface area contributed by atoms with Crippen LogP contribution in [0.1, 0.15) is 21.7 Å². The highest BCUT2D eigenvalue weighted by atomic mass is 35.5. The molecule has 1 amide bonds. The van der Waals surface area contributed by atoms with Crippen molar-refractivity contribution >= 4 is 23.3 Å². The number of aromatic amines is 1. The number of nitrogens with zero attached hydrogens (tertiary/aromatic N) is 2. The molecule has 0 saturated carbocycles. The van der Waals surface area contributed by atoms with Crippen molar-refractivity contribution in [3.63, 3.8) is 0 Å². The first-order valence-corrected chi connectivity index (χ1v) is 5.51. The number of amides is 1. The lowest BCUT2D eigenvalue weighted by molar-refractivity contribution is 0.101. The Kier molecular flexibility index (Phi) is 2.93. The fourth-order valence-corrected chi connectivity index (χ4v) is 1.78. The molecule has 0 atom stereocenters. The minimum atomic E-state index is -0.228. The first-order valence-electron chi connectivity index (χ1n) is 5.14. The van der Waals surface area contributed by atoms with Gasteiger partial charge in [-0.25, -0.2) is 0 Å². The number of carbonyl (C=O) groups excluding carboxylic acids is 1. The fourth-order valence-electron chi connectivity index (χ4n) is 1.53. The molecule has 2 aromatic rings. The van der Waals surface area contributed by atoms with Gasteiger partial charge >= 0.3 is 0 Å². The zero-order valence-electron chi connectivity index (χ0n) is 9.84. The second-order valence-corrected chi connectivity index (χ2v) is 4.37. The van der Waals surface area contributed by atoms with Crippen LogP contribution in [0.25, 0.3) is 0 Å². The van der Waals surface area contributed by atoms with Crippen LogP contribution in [0.4, 0.5) is 5.82 Å². The van der Waals surface area contributed by atoms with Crippen molar-refractivity contribution in [3.05, 3.63) is 34.2 Å². The molecule has 0 bridgehead atoms. The third-order valence-corrected chi connectivity index (χ3v) is 2.90. The predicted molar refractivity (Wildman–Crippen MR) is 66.4 cm³/mol. The second kappa shape index (κ2) is 4.25. The first-order chi connectivity index (χ1) is 7.99. The zero-order valence-corrected chi connectivity index (χ0v) is 10.6. The Morgan fingerprint density at radius 1 is 1.53 bits per heavy atom. The lowest BCUT2D eigenvalue weighted by Crippen LogP contribution is -2.16. The monoisotopic (exact) mass is 252 g/mol. The molecule has 0 aromatic carbocycles. The molecule has 0 aliphatic carbocycles.